The summed E-state index contributed by atoms with van der Waals surface area (Å²) in [5.74, 6) is 0.367. The van der Waals surface area contributed by atoms with E-state index in [2.05, 4.69) is 18.4 Å². The van der Waals surface area contributed by atoms with Gasteiger partial charge in [-0.15, -0.1) is 11.3 Å². The Labute approximate surface area is 152 Å². The molecule has 0 unspecified atom stereocenters. The molecule has 0 radical (unpaired) electrons. The van der Waals surface area contributed by atoms with Crippen molar-refractivity contribution in [3.63, 3.8) is 0 Å². The Bertz CT molecular complexity index is 796. The summed E-state index contributed by atoms with van der Waals surface area (Å²) in [6, 6.07) is 10.2. The Morgan fingerprint density at radius 3 is 2.68 bits per heavy atom. The molecule has 0 aliphatic carbocycles. The number of hydrogen-bond acceptors (Lipinski definition) is 3. The zero-order chi connectivity index (χ0) is 17.4. The van der Waals surface area contributed by atoms with Gasteiger partial charge in [-0.05, 0) is 54.5 Å². The molecule has 4 nitrogen and oxygen atoms in total. The molecule has 2 aliphatic rings. The highest BCUT2D eigenvalue weighted by molar-refractivity contribution is 7.10. The average Bonchev–Trinajstić information content (AvgIpc) is 3.25. The second-order valence-corrected chi connectivity index (χ2v) is 7.81. The monoisotopic (exact) mass is 354 g/mol. The molecule has 1 fully saturated rings. The van der Waals surface area contributed by atoms with Crippen LogP contribution in [0.3, 0.4) is 0 Å². The third kappa shape index (κ3) is 3.09. The van der Waals surface area contributed by atoms with E-state index in [1.165, 1.54) is 10.4 Å². The maximum absolute atomic E-state index is 12.8. The predicted octanol–water partition coefficient (Wildman–Crippen LogP) is 3.56. The summed E-state index contributed by atoms with van der Waals surface area (Å²) in [5.41, 5.74) is 3.24. The van der Waals surface area contributed by atoms with Gasteiger partial charge in [-0.1, -0.05) is 12.1 Å². The van der Waals surface area contributed by atoms with Crippen molar-refractivity contribution in [2.24, 2.45) is 0 Å². The van der Waals surface area contributed by atoms with Crippen LogP contribution in [-0.2, 0) is 22.4 Å². The Morgan fingerprint density at radius 1 is 1.16 bits per heavy atom. The van der Waals surface area contributed by atoms with Crippen molar-refractivity contribution in [3.8, 4) is 0 Å². The molecule has 0 spiro atoms. The number of nitrogens with zero attached hydrogens (tertiary/aromatic N) is 2. The molecule has 1 atom stereocenters. The highest BCUT2D eigenvalue weighted by atomic mass is 32.1. The van der Waals surface area contributed by atoms with Gasteiger partial charge in [0.25, 0.3) is 0 Å². The Kier molecular flexibility index (Phi) is 4.34. The molecule has 25 heavy (non-hydrogen) atoms. The zero-order valence-electron chi connectivity index (χ0n) is 14.4. The maximum atomic E-state index is 12.8. The minimum atomic E-state index is 0.156. The van der Waals surface area contributed by atoms with Crippen LogP contribution in [0.2, 0.25) is 0 Å². The van der Waals surface area contributed by atoms with E-state index in [0.29, 0.717) is 12.8 Å². The van der Waals surface area contributed by atoms with Crippen LogP contribution in [-0.4, -0.2) is 29.8 Å². The Morgan fingerprint density at radius 2 is 1.96 bits per heavy atom. The van der Waals surface area contributed by atoms with Crippen LogP contribution in [0.15, 0.2) is 35.7 Å². The number of hydrogen-bond donors (Lipinski definition) is 0. The lowest BCUT2D eigenvalue weighted by atomic mass is 10.0. The van der Waals surface area contributed by atoms with Crippen LogP contribution in [0.25, 0.3) is 0 Å². The van der Waals surface area contributed by atoms with Crippen molar-refractivity contribution in [3.05, 3.63) is 51.7 Å². The molecular weight excluding hydrogens is 332 g/mol. The van der Waals surface area contributed by atoms with E-state index in [-0.39, 0.29) is 17.9 Å². The van der Waals surface area contributed by atoms with Gasteiger partial charge in [0.15, 0.2) is 0 Å². The van der Waals surface area contributed by atoms with Crippen molar-refractivity contribution in [2.45, 2.75) is 38.6 Å². The quantitative estimate of drug-likeness (QED) is 0.845. The Hall–Kier alpha value is -2.14. The van der Waals surface area contributed by atoms with E-state index in [9.17, 15) is 9.59 Å². The Balaban J connectivity index is 1.44. The van der Waals surface area contributed by atoms with Gasteiger partial charge in [-0.25, -0.2) is 0 Å². The number of carbonyl (C=O) groups is 2. The molecule has 2 amide bonds. The molecule has 1 aromatic heterocycles. The second-order valence-electron chi connectivity index (χ2n) is 6.80. The number of benzene rings is 1. The molecule has 0 N–H and O–H groups in total. The number of anilines is 1. The lowest BCUT2D eigenvalue weighted by molar-refractivity contribution is -0.133. The van der Waals surface area contributed by atoms with Crippen LogP contribution in [0.4, 0.5) is 5.69 Å². The molecule has 5 heteroatoms. The van der Waals surface area contributed by atoms with Gasteiger partial charge in [0.2, 0.25) is 11.8 Å². The van der Waals surface area contributed by atoms with Crippen LogP contribution >= 0.6 is 11.3 Å². The fourth-order valence-corrected chi connectivity index (χ4v) is 4.80. The summed E-state index contributed by atoms with van der Waals surface area (Å²) < 4.78 is 0. The first kappa shape index (κ1) is 16.3. The molecule has 2 aliphatic heterocycles. The number of fused-ring (bicyclic) bond motifs is 1. The van der Waals surface area contributed by atoms with E-state index >= 15 is 0 Å². The summed E-state index contributed by atoms with van der Waals surface area (Å²) in [6.45, 7) is 3.71. The molecule has 1 aromatic carbocycles. The second kappa shape index (κ2) is 6.64. The van der Waals surface area contributed by atoms with Crippen molar-refractivity contribution >= 4 is 28.8 Å². The fourth-order valence-electron chi connectivity index (χ4n) is 3.84. The summed E-state index contributed by atoms with van der Waals surface area (Å²) in [4.78, 5) is 29.8. The number of amides is 2. The topological polar surface area (TPSA) is 40.6 Å². The lowest BCUT2D eigenvalue weighted by Gasteiger charge is -2.33. The van der Waals surface area contributed by atoms with Gasteiger partial charge >= 0.3 is 0 Å². The van der Waals surface area contributed by atoms with Crippen LogP contribution in [0, 0.1) is 0 Å². The first-order chi connectivity index (χ1) is 12.1. The van der Waals surface area contributed by atoms with Gasteiger partial charge in [0, 0.05) is 30.1 Å². The van der Waals surface area contributed by atoms with Gasteiger partial charge in [-0.2, -0.15) is 0 Å². The molecule has 0 bridgehead atoms. The predicted molar refractivity (Wildman–Crippen MR) is 99.9 cm³/mol. The molecule has 0 saturated carbocycles. The van der Waals surface area contributed by atoms with E-state index in [1.807, 2.05) is 34.1 Å². The van der Waals surface area contributed by atoms with Crippen molar-refractivity contribution in [1.29, 1.82) is 0 Å². The fraction of sp³-hybridized carbons (Fsp3) is 0.400. The van der Waals surface area contributed by atoms with E-state index < -0.39 is 0 Å². The van der Waals surface area contributed by atoms with Crippen LogP contribution in [0.1, 0.15) is 41.8 Å². The highest BCUT2D eigenvalue weighted by Gasteiger charge is 2.28. The first-order valence-corrected chi connectivity index (χ1v) is 9.76. The van der Waals surface area contributed by atoms with Gasteiger partial charge in [-0.3, -0.25) is 9.59 Å². The lowest BCUT2D eigenvalue weighted by Crippen LogP contribution is -2.39. The van der Waals surface area contributed by atoms with E-state index in [1.54, 1.807) is 11.3 Å². The third-order valence-corrected chi connectivity index (χ3v) is 6.27. The van der Waals surface area contributed by atoms with Gasteiger partial charge in [0.05, 0.1) is 12.5 Å². The third-order valence-electron chi connectivity index (χ3n) is 5.27. The first-order valence-electron chi connectivity index (χ1n) is 8.88. The number of thiophene rings is 1. The molecule has 2 aromatic rings. The molecule has 130 valence electrons. The van der Waals surface area contributed by atoms with Crippen molar-refractivity contribution in [2.75, 3.05) is 18.0 Å². The summed E-state index contributed by atoms with van der Waals surface area (Å²) in [5, 5.41) is 2.12. The van der Waals surface area contributed by atoms with E-state index in [0.717, 1.165) is 37.2 Å². The van der Waals surface area contributed by atoms with Crippen LogP contribution in [0.5, 0.6) is 0 Å². The highest BCUT2D eigenvalue weighted by Crippen LogP contribution is 2.33. The largest absolute Gasteiger partial charge is 0.335 e. The molecular formula is C20H22N2O2S. The molecule has 3 heterocycles. The minimum absolute atomic E-state index is 0.156. The van der Waals surface area contributed by atoms with Gasteiger partial charge in [0.1, 0.15) is 0 Å². The minimum Gasteiger partial charge on any atom is -0.335 e. The van der Waals surface area contributed by atoms with E-state index in [4.69, 9.17) is 0 Å². The standard InChI is InChI=1S/C20H22N2O2S/c1-14-17-9-12-25-18(17)8-11-21(14)20(24)13-15-4-6-16(7-5-15)22-10-2-3-19(22)23/h4-7,9,12,14H,2-3,8,10-11,13H2,1H3/t14-/m0/s1. The average molecular weight is 354 g/mol. The molecule has 1 saturated heterocycles. The normalized spacial score (nSPS) is 20.0. The number of rotatable bonds is 3. The number of carbonyl (C=O) groups excluding carboxylic acids is 2. The maximum Gasteiger partial charge on any atom is 0.227 e. The summed E-state index contributed by atoms with van der Waals surface area (Å²) >= 11 is 1.79. The van der Waals surface area contributed by atoms with Crippen molar-refractivity contribution in [1.82, 2.24) is 4.90 Å². The van der Waals surface area contributed by atoms with Crippen LogP contribution < -0.4 is 4.90 Å². The summed E-state index contributed by atoms with van der Waals surface area (Å²) in [7, 11) is 0. The zero-order valence-corrected chi connectivity index (χ0v) is 15.2. The molecule has 4 rings (SSSR count). The SMILES string of the molecule is C[C@H]1c2ccsc2CCN1C(=O)Cc1ccc(N2CCCC2=O)cc1. The van der Waals surface area contributed by atoms with Gasteiger partial charge < -0.3 is 9.80 Å². The van der Waals surface area contributed by atoms with Crippen molar-refractivity contribution < 1.29 is 9.59 Å². The summed E-state index contributed by atoms with van der Waals surface area (Å²) in [6.07, 6.45) is 2.94. The smallest absolute Gasteiger partial charge is 0.227 e.